The SMILES string of the molecule is CC(C)(O)C(C)(C)Nc1nccc(N)n1. The largest absolute Gasteiger partial charge is 0.388 e. The highest BCUT2D eigenvalue weighted by molar-refractivity contribution is 5.37. The third kappa shape index (κ3) is 2.79. The Balaban J connectivity index is 2.87. The van der Waals surface area contributed by atoms with Crippen LogP contribution in [0, 0.1) is 0 Å². The van der Waals surface area contributed by atoms with Gasteiger partial charge in [0, 0.05) is 6.20 Å². The number of nitrogens with two attached hydrogens (primary N) is 1. The average Bonchev–Trinajstić information content (AvgIpc) is 2.00. The monoisotopic (exact) mass is 210 g/mol. The minimum absolute atomic E-state index is 0.402. The number of rotatable bonds is 3. The van der Waals surface area contributed by atoms with Crippen LogP contribution in [0.3, 0.4) is 0 Å². The summed E-state index contributed by atoms with van der Waals surface area (Å²) in [5.74, 6) is 0.821. The Labute approximate surface area is 89.7 Å². The van der Waals surface area contributed by atoms with Crippen LogP contribution in [0.2, 0.25) is 0 Å². The molecule has 4 N–H and O–H groups in total. The van der Waals surface area contributed by atoms with Crippen LogP contribution in [0.5, 0.6) is 0 Å². The number of aromatic nitrogens is 2. The van der Waals surface area contributed by atoms with Crippen molar-refractivity contribution >= 4 is 11.8 Å². The Morgan fingerprint density at radius 3 is 2.40 bits per heavy atom. The van der Waals surface area contributed by atoms with E-state index in [1.807, 2.05) is 13.8 Å². The molecule has 0 saturated carbocycles. The normalized spacial score (nSPS) is 12.6. The number of aliphatic hydroxyl groups is 1. The highest BCUT2D eigenvalue weighted by Crippen LogP contribution is 2.24. The number of nitrogen functional groups attached to an aromatic ring is 1. The van der Waals surface area contributed by atoms with E-state index in [2.05, 4.69) is 15.3 Å². The third-order valence-electron chi connectivity index (χ3n) is 2.63. The molecule has 0 bridgehead atoms. The van der Waals surface area contributed by atoms with Gasteiger partial charge in [0.05, 0.1) is 11.1 Å². The fraction of sp³-hybridized carbons (Fsp3) is 0.600. The van der Waals surface area contributed by atoms with E-state index in [0.717, 1.165) is 0 Å². The summed E-state index contributed by atoms with van der Waals surface area (Å²) in [6.45, 7) is 7.21. The Hall–Kier alpha value is -1.36. The van der Waals surface area contributed by atoms with Crippen molar-refractivity contribution < 1.29 is 5.11 Å². The first-order valence-corrected chi connectivity index (χ1v) is 4.81. The van der Waals surface area contributed by atoms with Crippen LogP contribution < -0.4 is 11.1 Å². The Morgan fingerprint density at radius 1 is 1.33 bits per heavy atom. The molecule has 1 aromatic heterocycles. The summed E-state index contributed by atoms with van der Waals surface area (Å²) in [6, 6.07) is 1.61. The molecule has 1 rings (SSSR count). The van der Waals surface area contributed by atoms with Crippen molar-refractivity contribution in [3.8, 4) is 0 Å². The van der Waals surface area contributed by atoms with Gasteiger partial charge in [-0.15, -0.1) is 0 Å². The molecule has 15 heavy (non-hydrogen) atoms. The maximum absolute atomic E-state index is 9.93. The van der Waals surface area contributed by atoms with Crippen molar-refractivity contribution in [2.24, 2.45) is 0 Å². The predicted octanol–water partition coefficient (Wildman–Crippen LogP) is 1.02. The van der Waals surface area contributed by atoms with E-state index in [1.54, 1.807) is 26.1 Å². The van der Waals surface area contributed by atoms with Gasteiger partial charge in [0.2, 0.25) is 5.95 Å². The van der Waals surface area contributed by atoms with E-state index in [1.165, 1.54) is 0 Å². The predicted molar refractivity (Wildman–Crippen MR) is 60.4 cm³/mol. The summed E-state index contributed by atoms with van der Waals surface area (Å²) in [5.41, 5.74) is 4.10. The molecular weight excluding hydrogens is 192 g/mol. The average molecular weight is 210 g/mol. The zero-order valence-electron chi connectivity index (χ0n) is 9.57. The lowest BCUT2D eigenvalue weighted by Gasteiger charge is -2.37. The second-order valence-electron chi connectivity index (χ2n) is 4.61. The summed E-state index contributed by atoms with van der Waals surface area (Å²) in [7, 11) is 0. The molecule has 0 unspecified atom stereocenters. The van der Waals surface area contributed by atoms with Crippen LogP contribution in [0.25, 0.3) is 0 Å². The second-order valence-corrected chi connectivity index (χ2v) is 4.61. The third-order valence-corrected chi connectivity index (χ3v) is 2.63. The topological polar surface area (TPSA) is 84.1 Å². The van der Waals surface area contributed by atoms with Gasteiger partial charge in [-0.05, 0) is 33.8 Å². The molecule has 5 nitrogen and oxygen atoms in total. The Kier molecular flexibility index (Phi) is 2.86. The fourth-order valence-corrected chi connectivity index (χ4v) is 0.865. The van der Waals surface area contributed by atoms with Crippen LogP contribution in [0.4, 0.5) is 11.8 Å². The summed E-state index contributed by atoms with van der Waals surface area (Å²) < 4.78 is 0. The molecule has 0 saturated heterocycles. The van der Waals surface area contributed by atoms with E-state index in [0.29, 0.717) is 11.8 Å². The molecule has 84 valence electrons. The van der Waals surface area contributed by atoms with Crippen LogP contribution in [0.15, 0.2) is 12.3 Å². The highest BCUT2D eigenvalue weighted by atomic mass is 16.3. The van der Waals surface area contributed by atoms with E-state index in [-0.39, 0.29) is 0 Å². The lowest BCUT2D eigenvalue weighted by Crippen LogP contribution is -2.51. The molecule has 0 radical (unpaired) electrons. The summed E-state index contributed by atoms with van der Waals surface area (Å²) in [6.07, 6.45) is 1.57. The molecule has 0 amide bonds. The van der Waals surface area contributed by atoms with Gasteiger partial charge in [0.15, 0.2) is 0 Å². The van der Waals surface area contributed by atoms with Crippen molar-refractivity contribution in [2.45, 2.75) is 38.8 Å². The second kappa shape index (κ2) is 3.66. The van der Waals surface area contributed by atoms with Gasteiger partial charge >= 0.3 is 0 Å². The highest BCUT2D eigenvalue weighted by Gasteiger charge is 2.35. The molecule has 0 spiro atoms. The van der Waals surface area contributed by atoms with Crippen molar-refractivity contribution in [2.75, 3.05) is 11.1 Å². The zero-order valence-corrected chi connectivity index (χ0v) is 9.57. The van der Waals surface area contributed by atoms with Crippen molar-refractivity contribution in [1.29, 1.82) is 0 Å². The quantitative estimate of drug-likeness (QED) is 0.693. The summed E-state index contributed by atoms with van der Waals surface area (Å²) in [4.78, 5) is 8.04. The molecule has 0 fully saturated rings. The number of nitrogens with one attached hydrogen (secondary N) is 1. The maximum Gasteiger partial charge on any atom is 0.225 e. The van der Waals surface area contributed by atoms with Gasteiger partial charge in [-0.25, -0.2) is 4.98 Å². The minimum atomic E-state index is -0.888. The molecule has 1 heterocycles. The van der Waals surface area contributed by atoms with Crippen LogP contribution in [-0.4, -0.2) is 26.2 Å². The molecule has 0 aliphatic carbocycles. The number of hydrogen-bond acceptors (Lipinski definition) is 5. The zero-order chi connectivity index (χ0) is 11.7. The van der Waals surface area contributed by atoms with E-state index in [4.69, 9.17) is 5.73 Å². The lowest BCUT2D eigenvalue weighted by atomic mass is 9.86. The standard InChI is InChI=1S/C10H18N4O/c1-9(2,10(3,4)15)14-8-12-6-5-7(11)13-8/h5-6,15H,1-4H3,(H3,11,12,13,14). The van der Waals surface area contributed by atoms with E-state index < -0.39 is 11.1 Å². The Bertz CT molecular complexity index is 344. The van der Waals surface area contributed by atoms with Crippen LogP contribution in [0.1, 0.15) is 27.7 Å². The lowest BCUT2D eigenvalue weighted by molar-refractivity contribution is 0.0237. The molecule has 0 aliphatic heterocycles. The van der Waals surface area contributed by atoms with Crippen molar-refractivity contribution in [3.63, 3.8) is 0 Å². The van der Waals surface area contributed by atoms with Gasteiger partial charge in [-0.1, -0.05) is 0 Å². The first kappa shape index (κ1) is 11.7. The number of anilines is 2. The molecule has 5 heteroatoms. The first-order chi connectivity index (χ1) is 6.72. The molecule has 0 aromatic carbocycles. The van der Waals surface area contributed by atoms with Gasteiger partial charge < -0.3 is 16.2 Å². The van der Waals surface area contributed by atoms with Gasteiger partial charge in [-0.3, -0.25) is 0 Å². The fourth-order valence-electron chi connectivity index (χ4n) is 0.865. The smallest absolute Gasteiger partial charge is 0.225 e. The number of nitrogens with zero attached hydrogens (tertiary/aromatic N) is 2. The molecule has 1 aromatic rings. The Morgan fingerprint density at radius 2 is 1.93 bits per heavy atom. The first-order valence-electron chi connectivity index (χ1n) is 4.81. The summed E-state index contributed by atoms with van der Waals surface area (Å²) in [5, 5.41) is 13.0. The summed E-state index contributed by atoms with van der Waals surface area (Å²) >= 11 is 0. The number of hydrogen-bond donors (Lipinski definition) is 3. The van der Waals surface area contributed by atoms with Crippen molar-refractivity contribution in [1.82, 2.24) is 9.97 Å². The molecule has 0 aliphatic rings. The molecular formula is C10H18N4O. The van der Waals surface area contributed by atoms with E-state index >= 15 is 0 Å². The maximum atomic E-state index is 9.93. The van der Waals surface area contributed by atoms with E-state index in [9.17, 15) is 5.11 Å². The van der Waals surface area contributed by atoms with Crippen molar-refractivity contribution in [3.05, 3.63) is 12.3 Å². The molecule has 0 atom stereocenters. The van der Waals surface area contributed by atoms with Gasteiger partial charge in [0.1, 0.15) is 5.82 Å². The van der Waals surface area contributed by atoms with Crippen LogP contribution in [-0.2, 0) is 0 Å². The minimum Gasteiger partial charge on any atom is -0.388 e. The van der Waals surface area contributed by atoms with Gasteiger partial charge in [-0.2, -0.15) is 4.98 Å². The van der Waals surface area contributed by atoms with Gasteiger partial charge in [0.25, 0.3) is 0 Å². The van der Waals surface area contributed by atoms with Crippen LogP contribution >= 0.6 is 0 Å².